The van der Waals surface area contributed by atoms with Crippen molar-refractivity contribution in [2.75, 3.05) is 31.6 Å². The third-order valence-electron chi connectivity index (χ3n) is 3.99. The van der Waals surface area contributed by atoms with Crippen molar-refractivity contribution in [2.45, 2.75) is 26.4 Å². The lowest BCUT2D eigenvalue weighted by atomic mass is 9.97. The SMILES string of the molecule is CCOC(=O)C1CCN(C(=O)CNc2ccc(OC(F)F)cc2)CC1. The zero-order valence-corrected chi connectivity index (χ0v) is 14.0. The van der Waals surface area contributed by atoms with E-state index in [0.29, 0.717) is 38.2 Å². The zero-order chi connectivity index (χ0) is 18.2. The van der Waals surface area contributed by atoms with E-state index >= 15 is 0 Å². The number of alkyl halides is 2. The maximum absolute atomic E-state index is 12.2. The van der Waals surface area contributed by atoms with Crippen LogP contribution >= 0.6 is 0 Å². The highest BCUT2D eigenvalue weighted by atomic mass is 19.3. The highest BCUT2D eigenvalue weighted by Crippen LogP contribution is 2.20. The van der Waals surface area contributed by atoms with E-state index < -0.39 is 6.61 Å². The van der Waals surface area contributed by atoms with Crippen LogP contribution in [0.1, 0.15) is 19.8 Å². The molecule has 8 heteroatoms. The van der Waals surface area contributed by atoms with Gasteiger partial charge < -0.3 is 19.7 Å². The van der Waals surface area contributed by atoms with Gasteiger partial charge in [-0.15, -0.1) is 0 Å². The first-order valence-corrected chi connectivity index (χ1v) is 8.22. The number of halogens is 2. The minimum absolute atomic E-state index is 0.0629. The van der Waals surface area contributed by atoms with Crippen LogP contribution in [0.25, 0.3) is 0 Å². The molecule has 0 aliphatic carbocycles. The van der Waals surface area contributed by atoms with Gasteiger partial charge in [-0.3, -0.25) is 9.59 Å². The Bertz CT molecular complexity index is 573. The summed E-state index contributed by atoms with van der Waals surface area (Å²) in [5.41, 5.74) is 0.636. The summed E-state index contributed by atoms with van der Waals surface area (Å²) < 4.78 is 33.4. The monoisotopic (exact) mass is 356 g/mol. The standard InChI is InChI=1S/C17H22F2N2O4/c1-2-24-16(23)12-7-9-21(10-8-12)15(22)11-20-13-3-5-14(6-4-13)25-17(18)19/h3-6,12,17,20H,2,7-11H2,1H3. The zero-order valence-electron chi connectivity index (χ0n) is 14.0. The molecule has 0 atom stereocenters. The van der Waals surface area contributed by atoms with Crippen molar-refractivity contribution in [3.8, 4) is 5.75 Å². The van der Waals surface area contributed by atoms with Gasteiger partial charge >= 0.3 is 12.6 Å². The Morgan fingerprint density at radius 3 is 2.44 bits per heavy atom. The van der Waals surface area contributed by atoms with E-state index in [0.717, 1.165) is 0 Å². The quantitative estimate of drug-likeness (QED) is 0.761. The first-order chi connectivity index (χ1) is 12.0. The number of nitrogens with zero attached hydrogens (tertiary/aromatic N) is 1. The number of piperidine rings is 1. The molecule has 25 heavy (non-hydrogen) atoms. The summed E-state index contributed by atoms with van der Waals surface area (Å²) in [6, 6.07) is 5.95. The normalized spacial score (nSPS) is 15.1. The molecule has 2 rings (SSSR count). The molecular weight excluding hydrogens is 334 g/mol. The second kappa shape index (κ2) is 9.19. The van der Waals surface area contributed by atoms with Gasteiger partial charge in [0.1, 0.15) is 5.75 Å². The van der Waals surface area contributed by atoms with Crippen LogP contribution in [-0.4, -0.2) is 49.6 Å². The third-order valence-corrected chi connectivity index (χ3v) is 3.99. The number of esters is 1. The molecular formula is C17H22F2N2O4. The van der Waals surface area contributed by atoms with Crippen LogP contribution in [0.2, 0.25) is 0 Å². The van der Waals surface area contributed by atoms with Crippen LogP contribution in [0.4, 0.5) is 14.5 Å². The average Bonchev–Trinajstić information content (AvgIpc) is 2.61. The number of carbonyl (C=O) groups excluding carboxylic acids is 2. The van der Waals surface area contributed by atoms with Crippen LogP contribution in [-0.2, 0) is 14.3 Å². The molecule has 0 bridgehead atoms. The van der Waals surface area contributed by atoms with Gasteiger partial charge in [-0.25, -0.2) is 0 Å². The number of likely N-dealkylation sites (tertiary alicyclic amines) is 1. The van der Waals surface area contributed by atoms with E-state index in [1.54, 1.807) is 24.0 Å². The number of anilines is 1. The Labute approximate surface area is 145 Å². The highest BCUT2D eigenvalue weighted by Gasteiger charge is 2.27. The Hall–Kier alpha value is -2.38. The third kappa shape index (κ3) is 5.88. The van der Waals surface area contributed by atoms with Crippen molar-refractivity contribution in [1.82, 2.24) is 4.90 Å². The fourth-order valence-electron chi connectivity index (χ4n) is 2.67. The first kappa shape index (κ1) is 19.0. The number of carbonyl (C=O) groups is 2. The molecule has 1 fully saturated rings. The topological polar surface area (TPSA) is 67.9 Å². The van der Waals surface area contributed by atoms with Gasteiger partial charge in [-0.2, -0.15) is 8.78 Å². The summed E-state index contributed by atoms with van der Waals surface area (Å²) in [7, 11) is 0. The molecule has 0 spiro atoms. The van der Waals surface area contributed by atoms with Crippen LogP contribution < -0.4 is 10.1 Å². The molecule has 1 amide bonds. The van der Waals surface area contributed by atoms with E-state index in [-0.39, 0.29) is 30.1 Å². The van der Waals surface area contributed by atoms with Crippen molar-refractivity contribution in [3.63, 3.8) is 0 Å². The number of amides is 1. The molecule has 1 N–H and O–H groups in total. The largest absolute Gasteiger partial charge is 0.466 e. The molecule has 0 aromatic heterocycles. The molecule has 1 aliphatic rings. The number of nitrogens with one attached hydrogen (secondary N) is 1. The summed E-state index contributed by atoms with van der Waals surface area (Å²) in [5, 5.41) is 2.95. The van der Waals surface area contributed by atoms with Gasteiger partial charge in [-0.05, 0) is 44.0 Å². The molecule has 0 unspecified atom stereocenters. The fourth-order valence-corrected chi connectivity index (χ4v) is 2.67. The van der Waals surface area contributed by atoms with E-state index in [1.165, 1.54) is 12.1 Å². The van der Waals surface area contributed by atoms with Gasteiger partial charge in [-0.1, -0.05) is 0 Å². The minimum Gasteiger partial charge on any atom is -0.466 e. The maximum Gasteiger partial charge on any atom is 0.387 e. The highest BCUT2D eigenvalue weighted by molar-refractivity contribution is 5.81. The first-order valence-electron chi connectivity index (χ1n) is 8.22. The van der Waals surface area contributed by atoms with Gasteiger partial charge in [0, 0.05) is 18.8 Å². The summed E-state index contributed by atoms with van der Waals surface area (Å²) in [4.78, 5) is 25.6. The summed E-state index contributed by atoms with van der Waals surface area (Å²) in [6.45, 7) is 0.408. The van der Waals surface area contributed by atoms with Gasteiger partial charge in [0.25, 0.3) is 0 Å². The molecule has 6 nitrogen and oxygen atoms in total. The number of rotatable bonds is 7. The van der Waals surface area contributed by atoms with Gasteiger partial charge in [0.2, 0.25) is 5.91 Å². The molecule has 1 aliphatic heterocycles. The average molecular weight is 356 g/mol. The molecule has 1 saturated heterocycles. The van der Waals surface area contributed by atoms with Crippen LogP contribution in [0.3, 0.4) is 0 Å². The summed E-state index contributed by atoms with van der Waals surface area (Å²) >= 11 is 0. The van der Waals surface area contributed by atoms with Crippen molar-refractivity contribution < 1.29 is 27.8 Å². The molecule has 1 heterocycles. The Balaban J connectivity index is 1.75. The number of ether oxygens (including phenoxy) is 2. The lowest BCUT2D eigenvalue weighted by Crippen LogP contribution is -2.43. The molecule has 138 valence electrons. The molecule has 0 saturated carbocycles. The van der Waals surface area contributed by atoms with Crippen LogP contribution in [0.5, 0.6) is 5.75 Å². The Kier molecular flexibility index (Phi) is 6.97. The molecule has 0 radical (unpaired) electrons. The predicted octanol–water partition coefficient (Wildman–Crippen LogP) is 2.50. The molecule has 1 aromatic carbocycles. The second-order valence-corrected chi connectivity index (χ2v) is 5.66. The second-order valence-electron chi connectivity index (χ2n) is 5.66. The Morgan fingerprint density at radius 2 is 1.88 bits per heavy atom. The number of benzene rings is 1. The Morgan fingerprint density at radius 1 is 1.24 bits per heavy atom. The minimum atomic E-state index is -2.86. The molecule has 1 aromatic rings. The summed E-state index contributed by atoms with van der Waals surface area (Å²) in [5.74, 6) is -0.346. The van der Waals surface area contributed by atoms with E-state index in [4.69, 9.17) is 4.74 Å². The predicted molar refractivity (Wildman–Crippen MR) is 87.5 cm³/mol. The van der Waals surface area contributed by atoms with Crippen molar-refractivity contribution in [3.05, 3.63) is 24.3 Å². The maximum atomic E-state index is 12.2. The van der Waals surface area contributed by atoms with Crippen molar-refractivity contribution >= 4 is 17.6 Å². The number of hydrogen-bond donors (Lipinski definition) is 1. The van der Waals surface area contributed by atoms with Crippen molar-refractivity contribution in [1.29, 1.82) is 0 Å². The van der Waals surface area contributed by atoms with E-state index in [2.05, 4.69) is 10.1 Å². The van der Waals surface area contributed by atoms with Crippen molar-refractivity contribution in [2.24, 2.45) is 5.92 Å². The lowest BCUT2D eigenvalue weighted by molar-refractivity contribution is -0.151. The lowest BCUT2D eigenvalue weighted by Gasteiger charge is -2.31. The summed E-state index contributed by atoms with van der Waals surface area (Å²) in [6.07, 6.45) is 1.20. The van der Waals surface area contributed by atoms with Crippen LogP contribution in [0, 0.1) is 5.92 Å². The smallest absolute Gasteiger partial charge is 0.387 e. The van der Waals surface area contributed by atoms with Crippen LogP contribution in [0.15, 0.2) is 24.3 Å². The van der Waals surface area contributed by atoms with E-state index in [1.807, 2.05) is 0 Å². The van der Waals surface area contributed by atoms with E-state index in [9.17, 15) is 18.4 Å². The number of hydrogen-bond acceptors (Lipinski definition) is 5. The van der Waals surface area contributed by atoms with Gasteiger partial charge in [0.15, 0.2) is 0 Å². The van der Waals surface area contributed by atoms with Gasteiger partial charge in [0.05, 0.1) is 19.1 Å². The fraction of sp³-hybridized carbons (Fsp3) is 0.529.